The van der Waals surface area contributed by atoms with E-state index in [-0.39, 0.29) is 5.91 Å². The van der Waals surface area contributed by atoms with Crippen molar-refractivity contribution in [2.45, 2.75) is 19.8 Å². The Morgan fingerprint density at radius 3 is 2.21 bits per heavy atom. The van der Waals surface area contributed by atoms with Gasteiger partial charge in [-0.05, 0) is 60.2 Å². The first kappa shape index (κ1) is 18.3. The van der Waals surface area contributed by atoms with Gasteiger partial charge in [-0.2, -0.15) is 0 Å². The van der Waals surface area contributed by atoms with Crippen LogP contribution in [-0.2, 0) is 0 Å². The average Bonchev–Trinajstić information content (AvgIpc) is 2.75. The zero-order valence-electron chi connectivity index (χ0n) is 16.3. The summed E-state index contributed by atoms with van der Waals surface area (Å²) in [5.74, 6) is 0.853. The van der Waals surface area contributed by atoms with Crippen LogP contribution in [0.25, 0.3) is 11.1 Å². The van der Waals surface area contributed by atoms with Gasteiger partial charge >= 0.3 is 0 Å². The van der Waals surface area contributed by atoms with E-state index in [9.17, 15) is 4.79 Å². The van der Waals surface area contributed by atoms with Crippen molar-refractivity contribution in [1.29, 1.82) is 0 Å². The Bertz CT molecular complexity index is 926. The maximum Gasteiger partial charge on any atom is 0.253 e. The summed E-state index contributed by atoms with van der Waals surface area (Å²) in [6.07, 6.45) is 2.19. The summed E-state index contributed by atoms with van der Waals surface area (Å²) in [5, 5.41) is 3.42. The number of hydrogen-bond donors (Lipinski definition) is 1. The molecule has 0 saturated carbocycles. The second-order valence-corrected chi connectivity index (χ2v) is 7.62. The largest absolute Gasteiger partial charge is 0.356 e. The summed E-state index contributed by atoms with van der Waals surface area (Å²) >= 11 is 0. The minimum atomic E-state index is 0.134. The molecule has 3 aromatic carbocycles. The fourth-order valence-corrected chi connectivity index (χ4v) is 3.67. The molecule has 4 rings (SSSR count). The van der Waals surface area contributed by atoms with Crippen LogP contribution in [-0.4, -0.2) is 23.9 Å². The fourth-order valence-electron chi connectivity index (χ4n) is 3.67. The molecule has 142 valence electrons. The number of nitrogens with zero attached hydrogens (tertiary/aromatic N) is 1. The van der Waals surface area contributed by atoms with E-state index in [2.05, 4.69) is 48.6 Å². The van der Waals surface area contributed by atoms with Gasteiger partial charge in [-0.25, -0.2) is 0 Å². The van der Waals surface area contributed by atoms with E-state index in [1.54, 1.807) is 0 Å². The molecule has 3 aromatic rings. The normalized spacial score (nSPS) is 14.7. The van der Waals surface area contributed by atoms with Gasteiger partial charge in [0.25, 0.3) is 5.91 Å². The first-order chi connectivity index (χ1) is 13.7. The van der Waals surface area contributed by atoms with Crippen molar-refractivity contribution in [3.05, 3.63) is 84.4 Å². The van der Waals surface area contributed by atoms with E-state index in [0.29, 0.717) is 0 Å². The topological polar surface area (TPSA) is 32.3 Å². The number of anilines is 2. The molecule has 1 fully saturated rings. The van der Waals surface area contributed by atoms with Gasteiger partial charge in [-0.15, -0.1) is 0 Å². The quantitative estimate of drug-likeness (QED) is 0.614. The Kier molecular flexibility index (Phi) is 5.43. The van der Waals surface area contributed by atoms with Crippen LogP contribution >= 0.6 is 0 Å². The number of carbonyl (C=O) groups excluding carboxylic acids is 1. The van der Waals surface area contributed by atoms with E-state index in [0.717, 1.165) is 48.8 Å². The predicted molar refractivity (Wildman–Crippen MR) is 116 cm³/mol. The van der Waals surface area contributed by atoms with E-state index in [1.165, 1.54) is 11.1 Å². The molecule has 1 aliphatic heterocycles. The van der Waals surface area contributed by atoms with Gasteiger partial charge in [-0.3, -0.25) is 4.79 Å². The molecule has 0 spiro atoms. The molecule has 0 aromatic heterocycles. The molecular formula is C25H26N2O. The zero-order valence-corrected chi connectivity index (χ0v) is 16.3. The van der Waals surface area contributed by atoms with E-state index in [4.69, 9.17) is 0 Å². The molecule has 3 nitrogen and oxygen atoms in total. The summed E-state index contributed by atoms with van der Waals surface area (Å²) in [6, 6.07) is 26.5. The molecule has 0 bridgehead atoms. The second-order valence-electron chi connectivity index (χ2n) is 7.62. The number of nitrogens with one attached hydrogen (secondary N) is 1. The van der Waals surface area contributed by atoms with Crippen molar-refractivity contribution in [2.75, 3.05) is 18.4 Å². The molecule has 1 N–H and O–H groups in total. The van der Waals surface area contributed by atoms with Gasteiger partial charge in [0.15, 0.2) is 0 Å². The van der Waals surface area contributed by atoms with Gasteiger partial charge in [0.1, 0.15) is 0 Å². The number of benzene rings is 3. The minimum Gasteiger partial charge on any atom is -0.356 e. The number of amides is 1. The summed E-state index contributed by atoms with van der Waals surface area (Å²) in [4.78, 5) is 14.8. The number of rotatable bonds is 4. The van der Waals surface area contributed by atoms with Gasteiger partial charge < -0.3 is 10.2 Å². The predicted octanol–water partition coefficient (Wildman–Crippen LogP) is 5.97. The Morgan fingerprint density at radius 2 is 1.50 bits per heavy atom. The lowest BCUT2D eigenvalue weighted by atomic mass is 9.98. The second kappa shape index (κ2) is 8.30. The van der Waals surface area contributed by atoms with Crippen LogP contribution in [0.5, 0.6) is 0 Å². The lowest BCUT2D eigenvalue weighted by molar-refractivity contribution is 0.0697. The molecule has 0 atom stereocenters. The van der Waals surface area contributed by atoms with Gasteiger partial charge in [0, 0.05) is 30.0 Å². The number of hydrogen-bond acceptors (Lipinski definition) is 2. The highest BCUT2D eigenvalue weighted by Crippen LogP contribution is 2.24. The Labute approximate surface area is 167 Å². The van der Waals surface area contributed by atoms with Gasteiger partial charge in [-0.1, -0.05) is 55.5 Å². The van der Waals surface area contributed by atoms with Crippen molar-refractivity contribution < 1.29 is 4.79 Å². The van der Waals surface area contributed by atoms with Crippen molar-refractivity contribution in [1.82, 2.24) is 4.90 Å². The van der Waals surface area contributed by atoms with Crippen LogP contribution < -0.4 is 5.32 Å². The number of carbonyl (C=O) groups is 1. The van der Waals surface area contributed by atoms with Crippen molar-refractivity contribution >= 4 is 17.3 Å². The molecule has 1 aliphatic rings. The van der Waals surface area contributed by atoms with Crippen LogP contribution in [0.15, 0.2) is 78.9 Å². The zero-order chi connectivity index (χ0) is 19.3. The van der Waals surface area contributed by atoms with Crippen LogP contribution in [0.3, 0.4) is 0 Å². The smallest absolute Gasteiger partial charge is 0.253 e. The van der Waals surface area contributed by atoms with E-state index < -0.39 is 0 Å². The first-order valence-corrected chi connectivity index (χ1v) is 10.0. The average molecular weight is 370 g/mol. The molecule has 1 saturated heterocycles. The highest BCUT2D eigenvalue weighted by molar-refractivity contribution is 5.95. The lowest BCUT2D eigenvalue weighted by Crippen LogP contribution is -2.37. The number of likely N-dealkylation sites (tertiary alicyclic amines) is 1. The van der Waals surface area contributed by atoms with Crippen LogP contribution in [0.1, 0.15) is 30.1 Å². The Morgan fingerprint density at radius 1 is 0.821 bits per heavy atom. The molecule has 1 heterocycles. The van der Waals surface area contributed by atoms with Gasteiger partial charge in [0.05, 0.1) is 0 Å². The molecular weight excluding hydrogens is 344 g/mol. The maximum atomic E-state index is 12.8. The van der Waals surface area contributed by atoms with Crippen LogP contribution in [0.4, 0.5) is 11.4 Å². The minimum absolute atomic E-state index is 0.134. The molecule has 1 amide bonds. The molecule has 28 heavy (non-hydrogen) atoms. The van der Waals surface area contributed by atoms with E-state index in [1.807, 2.05) is 47.4 Å². The highest BCUT2D eigenvalue weighted by atomic mass is 16.2. The van der Waals surface area contributed by atoms with Crippen LogP contribution in [0.2, 0.25) is 0 Å². The van der Waals surface area contributed by atoms with Crippen molar-refractivity contribution in [3.8, 4) is 11.1 Å². The third-order valence-corrected chi connectivity index (χ3v) is 5.46. The molecule has 0 unspecified atom stereocenters. The monoisotopic (exact) mass is 370 g/mol. The summed E-state index contributed by atoms with van der Waals surface area (Å²) in [5.41, 5.74) is 5.09. The Hall–Kier alpha value is -3.07. The van der Waals surface area contributed by atoms with Crippen molar-refractivity contribution in [3.63, 3.8) is 0 Å². The molecule has 3 heteroatoms. The standard InChI is InChI=1S/C25H26N2O/c1-19-14-16-27(17-15-19)25(28)22-8-5-9-24(18-22)26-23-12-10-21(11-13-23)20-6-3-2-4-7-20/h2-13,18-19,26H,14-17H2,1H3. The lowest BCUT2D eigenvalue weighted by Gasteiger charge is -2.30. The summed E-state index contributed by atoms with van der Waals surface area (Å²) in [6.45, 7) is 3.98. The fraction of sp³-hybridized carbons (Fsp3) is 0.240. The van der Waals surface area contributed by atoms with Crippen LogP contribution in [0, 0.1) is 5.92 Å². The summed E-state index contributed by atoms with van der Waals surface area (Å²) in [7, 11) is 0. The van der Waals surface area contributed by atoms with Gasteiger partial charge in [0.2, 0.25) is 0 Å². The Balaban J connectivity index is 1.45. The third-order valence-electron chi connectivity index (χ3n) is 5.46. The third kappa shape index (κ3) is 4.25. The molecule has 0 radical (unpaired) electrons. The maximum absolute atomic E-state index is 12.8. The number of piperidine rings is 1. The first-order valence-electron chi connectivity index (χ1n) is 10.0. The van der Waals surface area contributed by atoms with Crippen molar-refractivity contribution in [2.24, 2.45) is 5.92 Å². The SMILES string of the molecule is CC1CCN(C(=O)c2cccc(Nc3ccc(-c4ccccc4)cc3)c2)CC1. The van der Waals surface area contributed by atoms with E-state index >= 15 is 0 Å². The highest BCUT2D eigenvalue weighted by Gasteiger charge is 2.21. The molecule has 0 aliphatic carbocycles. The summed E-state index contributed by atoms with van der Waals surface area (Å²) < 4.78 is 0.